The van der Waals surface area contributed by atoms with Crippen LogP contribution in [-0.4, -0.2) is 40.7 Å². The Kier molecular flexibility index (Phi) is 7.84. The van der Waals surface area contributed by atoms with Gasteiger partial charge in [0.25, 0.3) is 0 Å². The van der Waals surface area contributed by atoms with Crippen LogP contribution < -0.4 is 5.32 Å². The molecule has 0 radical (unpaired) electrons. The first-order chi connectivity index (χ1) is 13.5. The molecule has 6 nitrogen and oxygen atoms in total. The number of hydrogen-bond acceptors (Lipinski definition) is 7. The normalized spacial score (nSPS) is 17.6. The fourth-order valence-electron chi connectivity index (χ4n) is 2.73. The SMILES string of the molecule is CC(=O)SC(CC(=O)OC(=O)[C@@H]1CCCN1)C(=O)c1ccc(Cl)c(C(F)(F)F)c1. The zero-order chi connectivity index (χ0) is 21.8. The fraction of sp³-hybridized carbons (Fsp3) is 0.444. The van der Waals surface area contributed by atoms with Crippen LogP contribution in [0, 0.1) is 0 Å². The van der Waals surface area contributed by atoms with Gasteiger partial charge in [-0.2, -0.15) is 13.2 Å². The van der Waals surface area contributed by atoms with Gasteiger partial charge in [0.05, 0.1) is 22.3 Å². The van der Waals surface area contributed by atoms with Gasteiger partial charge in [-0.3, -0.25) is 14.4 Å². The Labute approximate surface area is 173 Å². The van der Waals surface area contributed by atoms with Crippen molar-refractivity contribution in [2.24, 2.45) is 0 Å². The van der Waals surface area contributed by atoms with Gasteiger partial charge in [-0.15, -0.1) is 0 Å². The minimum atomic E-state index is -4.78. The zero-order valence-corrected chi connectivity index (χ0v) is 16.7. The summed E-state index contributed by atoms with van der Waals surface area (Å²) in [5.74, 6) is -2.71. The van der Waals surface area contributed by atoms with E-state index in [1.54, 1.807) is 0 Å². The number of thioether (sulfide) groups is 1. The fourth-order valence-corrected chi connectivity index (χ4v) is 3.82. The minimum absolute atomic E-state index is 0.364. The molecule has 1 aromatic carbocycles. The number of nitrogens with one attached hydrogen (secondary N) is 1. The van der Waals surface area contributed by atoms with Crippen LogP contribution in [0.25, 0.3) is 0 Å². The average Bonchev–Trinajstić information content (AvgIpc) is 3.14. The molecule has 1 fully saturated rings. The molecule has 0 amide bonds. The predicted octanol–water partition coefficient (Wildman–Crippen LogP) is 3.40. The smallest absolute Gasteiger partial charge is 0.392 e. The monoisotopic (exact) mass is 451 g/mol. The summed E-state index contributed by atoms with van der Waals surface area (Å²) in [6.45, 7) is 1.75. The van der Waals surface area contributed by atoms with E-state index in [1.807, 2.05) is 0 Å². The Morgan fingerprint density at radius 3 is 2.55 bits per heavy atom. The van der Waals surface area contributed by atoms with Crippen LogP contribution >= 0.6 is 23.4 Å². The quantitative estimate of drug-likeness (QED) is 0.403. The van der Waals surface area contributed by atoms with Crippen LogP contribution in [0.15, 0.2) is 18.2 Å². The molecule has 0 saturated carbocycles. The standard InChI is InChI=1S/C18H17ClF3NO5S/c1-9(24)29-14(8-15(25)28-17(27)13-3-2-6-23-13)16(26)10-4-5-12(19)11(7-10)18(20,21)22/h4-5,7,13-14,23H,2-3,6,8H2,1H3/t13-,14?/m0/s1. The second kappa shape index (κ2) is 9.73. The predicted molar refractivity (Wildman–Crippen MR) is 99.6 cm³/mol. The van der Waals surface area contributed by atoms with Crippen molar-refractivity contribution in [1.29, 1.82) is 0 Å². The van der Waals surface area contributed by atoms with E-state index in [1.165, 1.54) is 0 Å². The maximum Gasteiger partial charge on any atom is 0.417 e. The van der Waals surface area contributed by atoms with Gasteiger partial charge in [0.15, 0.2) is 10.9 Å². The topological polar surface area (TPSA) is 89.5 Å². The molecule has 1 saturated heterocycles. The van der Waals surface area contributed by atoms with Gasteiger partial charge in [0.2, 0.25) is 0 Å². The highest BCUT2D eigenvalue weighted by molar-refractivity contribution is 8.14. The van der Waals surface area contributed by atoms with E-state index in [9.17, 15) is 32.3 Å². The number of benzene rings is 1. The van der Waals surface area contributed by atoms with Crippen molar-refractivity contribution < 1.29 is 37.1 Å². The van der Waals surface area contributed by atoms with Crippen molar-refractivity contribution in [3.05, 3.63) is 34.3 Å². The first-order valence-corrected chi connectivity index (χ1v) is 9.81. The summed E-state index contributed by atoms with van der Waals surface area (Å²) in [5.41, 5.74) is -1.57. The molecule has 1 aliphatic rings. The summed E-state index contributed by atoms with van der Waals surface area (Å²) < 4.78 is 43.8. The van der Waals surface area contributed by atoms with Crippen molar-refractivity contribution in [3.8, 4) is 0 Å². The number of carbonyl (C=O) groups is 4. The van der Waals surface area contributed by atoms with E-state index in [0.717, 1.165) is 25.5 Å². The van der Waals surface area contributed by atoms with Gasteiger partial charge in [0, 0.05) is 12.5 Å². The Hall–Kier alpha value is -1.91. The highest BCUT2D eigenvalue weighted by atomic mass is 35.5. The lowest BCUT2D eigenvalue weighted by Gasteiger charge is -2.16. The number of hydrogen-bond donors (Lipinski definition) is 1. The van der Waals surface area contributed by atoms with Crippen molar-refractivity contribution in [1.82, 2.24) is 5.32 Å². The lowest BCUT2D eigenvalue weighted by molar-refractivity contribution is -0.160. The number of carbonyl (C=O) groups excluding carboxylic acids is 4. The van der Waals surface area contributed by atoms with Gasteiger partial charge >= 0.3 is 18.1 Å². The van der Waals surface area contributed by atoms with Crippen molar-refractivity contribution >= 4 is 46.2 Å². The maximum absolute atomic E-state index is 13.0. The molecule has 1 aliphatic heterocycles. The third kappa shape index (κ3) is 6.55. The lowest BCUT2D eigenvalue weighted by atomic mass is 10.0. The number of halogens is 4. The van der Waals surface area contributed by atoms with Crippen molar-refractivity contribution in [2.45, 2.75) is 43.7 Å². The molecular formula is C18H17ClF3NO5S. The van der Waals surface area contributed by atoms with Gasteiger partial charge in [-0.1, -0.05) is 23.4 Å². The summed E-state index contributed by atoms with van der Waals surface area (Å²) in [7, 11) is 0. The number of esters is 2. The minimum Gasteiger partial charge on any atom is -0.392 e. The summed E-state index contributed by atoms with van der Waals surface area (Å²) in [6, 6.07) is 1.93. The lowest BCUT2D eigenvalue weighted by Crippen LogP contribution is -2.35. The molecule has 11 heteroatoms. The highest BCUT2D eigenvalue weighted by Gasteiger charge is 2.35. The van der Waals surface area contributed by atoms with Gasteiger partial charge < -0.3 is 10.1 Å². The summed E-state index contributed by atoms with van der Waals surface area (Å²) in [6.07, 6.45) is -4.18. The first-order valence-electron chi connectivity index (χ1n) is 8.55. The third-order valence-electron chi connectivity index (χ3n) is 4.07. The number of ketones is 1. The van der Waals surface area contributed by atoms with E-state index < -0.39 is 57.3 Å². The van der Waals surface area contributed by atoms with Gasteiger partial charge in [0.1, 0.15) is 6.04 Å². The van der Waals surface area contributed by atoms with Gasteiger partial charge in [-0.05, 0) is 37.6 Å². The van der Waals surface area contributed by atoms with Crippen LogP contribution in [0.3, 0.4) is 0 Å². The Morgan fingerprint density at radius 1 is 1.31 bits per heavy atom. The second-order valence-corrected chi connectivity index (χ2v) is 8.09. The molecular weight excluding hydrogens is 435 g/mol. The van der Waals surface area contributed by atoms with Crippen LogP contribution in [0.1, 0.15) is 42.1 Å². The summed E-state index contributed by atoms with van der Waals surface area (Å²) >= 11 is 6.02. The number of Topliss-reactive ketones (excluding diaryl/α,β-unsaturated/α-hetero) is 1. The van der Waals surface area contributed by atoms with Crippen LogP contribution in [-0.2, 0) is 25.3 Å². The second-order valence-electron chi connectivity index (χ2n) is 6.30. The Bertz CT molecular complexity index is 824. The Balaban J connectivity index is 2.16. The molecule has 2 rings (SSSR count). The zero-order valence-electron chi connectivity index (χ0n) is 15.2. The largest absolute Gasteiger partial charge is 0.417 e. The molecule has 2 atom stereocenters. The number of ether oxygens (including phenoxy) is 1. The van der Waals surface area contributed by atoms with E-state index in [2.05, 4.69) is 5.32 Å². The molecule has 1 N–H and O–H groups in total. The van der Waals surface area contributed by atoms with Crippen molar-refractivity contribution in [3.63, 3.8) is 0 Å². The first kappa shape index (κ1) is 23.4. The molecule has 158 valence electrons. The van der Waals surface area contributed by atoms with Crippen LogP contribution in [0.5, 0.6) is 0 Å². The van der Waals surface area contributed by atoms with E-state index >= 15 is 0 Å². The average molecular weight is 452 g/mol. The Morgan fingerprint density at radius 2 is 2.00 bits per heavy atom. The highest BCUT2D eigenvalue weighted by Crippen LogP contribution is 2.36. The molecule has 0 spiro atoms. The maximum atomic E-state index is 13.0. The molecule has 1 aromatic rings. The molecule has 1 unspecified atom stereocenters. The summed E-state index contributed by atoms with van der Waals surface area (Å²) in [5, 5.41) is 0.401. The van der Waals surface area contributed by atoms with Crippen LogP contribution in [0.2, 0.25) is 5.02 Å². The van der Waals surface area contributed by atoms with Crippen molar-refractivity contribution in [2.75, 3.05) is 6.54 Å². The molecule has 29 heavy (non-hydrogen) atoms. The summed E-state index contributed by atoms with van der Waals surface area (Å²) in [4.78, 5) is 48.1. The molecule has 0 aliphatic carbocycles. The number of alkyl halides is 3. The molecule has 1 heterocycles. The van der Waals surface area contributed by atoms with Gasteiger partial charge in [-0.25, -0.2) is 4.79 Å². The molecule has 0 aromatic heterocycles. The third-order valence-corrected chi connectivity index (χ3v) is 5.40. The van der Waals surface area contributed by atoms with E-state index in [4.69, 9.17) is 16.3 Å². The van der Waals surface area contributed by atoms with E-state index in [0.29, 0.717) is 30.8 Å². The number of rotatable bonds is 6. The molecule has 0 bridgehead atoms. The van der Waals surface area contributed by atoms with E-state index in [-0.39, 0.29) is 5.56 Å². The van der Waals surface area contributed by atoms with Crippen LogP contribution in [0.4, 0.5) is 13.2 Å².